The first-order chi connectivity index (χ1) is 13.7. The van der Waals surface area contributed by atoms with Crippen molar-refractivity contribution in [2.24, 2.45) is 5.92 Å². The monoisotopic (exact) mass is 396 g/mol. The molecule has 0 saturated heterocycles. The van der Waals surface area contributed by atoms with Crippen molar-refractivity contribution in [1.29, 1.82) is 0 Å². The Morgan fingerprint density at radius 2 is 1.93 bits per heavy atom. The van der Waals surface area contributed by atoms with Gasteiger partial charge in [0.2, 0.25) is 5.91 Å². The van der Waals surface area contributed by atoms with Crippen LogP contribution in [0.4, 0.5) is 11.5 Å². The second-order valence-electron chi connectivity index (χ2n) is 7.85. The summed E-state index contributed by atoms with van der Waals surface area (Å²) in [5, 5.41) is 6.54. The second kappa shape index (κ2) is 8.95. The number of hydrogen-bond donors (Lipinski definition) is 2. The van der Waals surface area contributed by atoms with E-state index in [1.807, 2.05) is 23.9 Å². The number of fused-ring (bicyclic) bond motifs is 1. The van der Waals surface area contributed by atoms with Crippen molar-refractivity contribution >= 4 is 29.2 Å². The molecular weight excluding hydrogens is 368 g/mol. The molecule has 0 radical (unpaired) electrons. The Morgan fingerprint density at radius 1 is 1.14 bits per heavy atom. The number of nitrogens with one attached hydrogen (secondary N) is 2. The van der Waals surface area contributed by atoms with E-state index in [0.717, 1.165) is 43.1 Å². The van der Waals surface area contributed by atoms with Crippen LogP contribution in [0.1, 0.15) is 56.2 Å². The van der Waals surface area contributed by atoms with Gasteiger partial charge in [-0.3, -0.25) is 4.79 Å². The average Bonchev–Trinajstić information content (AvgIpc) is 3.12. The van der Waals surface area contributed by atoms with Gasteiger partial charge in [0.15, 0.2) is 0 Å². The van der Waals surface area contributed by atoms with Gasteiger partial charge in [0, 0.05) is 29.8 Å². The van der Waals surface area contributed by atoms with E-state index in [2.05, 4.69) is 39.7 Å². The summed E-state index contributed by atoms with van der Waals surface area (Å²) in [6, 6.07) is 8.21. The maximum absolute atomic E-state index is 12.4. The van der Waals surface area contributed by atoms with Crippen LogP contribution in [-0.2, 0) is 11.2 Å². The van der Waals surface area contributed by atoms with E-state index in [9.17, 15) is 4.79 Å². The first-order valence-corrected chi connectivity index (χ1v) is 11.3. The van der Waals surface area contributed by atoms with Gasteiger partial charge in [-0.2, -0.15) is 0 Å². The van der Waals surface area contributed by atoms with Crippen LogP contribution in [0.2, 0.25) is 0 Å². The molecule has 1 atom stereocenters. The third kappa shape index (κ3) is 4.49. The zero-order chi connectivity index (χ0) is 19.3. The first kappa shape index (κ1) is 19.2. The van der Waals surface area contributed by atoms with E-state index < -0.39 is 0 Å². The van der Waals surface area contributed by atoms with Crippen LogP contribution in [0.15, 0.2) is 35.5 Å². The lowest BCUT2D eigenvalue weighted by atomic mass is 9.88. The quantitative estimate of drug-likeness (QED) is 0.730. The number of rotatable bonds is 6. The topological polar surface area (TPSA) is 66.9 Å². The van der Waals surface area contributed by atoms with Crippen molar-refractivity contribution < 1.29 is 4.79 Å². The summed E-state index contributed by atoms with van der Waals surface area (Å²) < 4.78 is 0. The van der Waals surface area contributed by atoms with Crippen molar-refractivity contribution in [2.75, 3.05) is 22.9 Å². The van der Waals surface area contributed by atoms with Crippen molar-refractivity contribution in [3.05, 3.63) is 41.9 Å². The van der Waals surface area contributed by atoms with E-state index in [4.69, 9.17) is 0 Å². The van der Waals surface area contributed by atoms with E-state index in [0.29, 0.717) is 5.92 Å². The number of hydrogen-bond acceptors (Lipinski definition) is 5. The molecule has 1 unspecified atom stereocenters. The molecule has 0 spiro atoms. The highest BCUT2D eigenvalue weighted by Crippen LogP contribution is 2.41. The summed E-state index contributed by atoms with van der Waals surface area (Å²) in [5.74, 6) is 2.90. The molecule has 2 N–H and O–H groups in total. The second-order valence-corrected chi connectivity index (χ2v) is 8.88. The Kier molecular flexibility index (Phi) is 6.15. The number of anilines is 2. The minimum absolute atomic E-state index is 0.179. The Hall–Kier alpha value is -2.08. The fourth-order valence-corrected chi connectivity index (χ4v) is 5.22. The van der Waals surface area contributed by atoms with Crippen LogP contribution in [0, 0.1) is 5.92 Å². The molecule has 1 fully saturated rings. The molecule has 148 valence electrons. The van der Waals surface area contributed by atoms with E-state index in [-0.39, 0.29) is 11.8 Å². The number of carbonyl (C=O) groups is 1. The van der Waals surface area contributed by atoms with Crippen molar-refractivity contribution in [3.63, 3.8) is 0 Å². The SMILES string of the molecule is CC1CSc2c(NCCc3ccc(NC(=O)C4CCCCC4)cc3)ncnc21. The minimum Gasteiger partial charge on any atom is -0.369 e. The highest BCUT2D eigenvalue weighted by Gasteiger charge is 2.24. The van der Waals surface area contributed by atoms with Crippen LogP contribution in [0.3, 0.4) is 0 Å². The van der Waals surface area contributed by atoms with Gasteiger partial charge < -0.3 is 10.6 Å². The summed E-state index contributed by atoms with van der Waals surface area (Å²) in [5.41, 5.74) is 3.31. The highest BCUT2D eigenvalue weighted by atomic mass is 32.2. The third-order valence-corrected chi connectivity index (χ3v) is 7.04. The Balaban J connectivity index is 1.28. The molecule has 0 bridgehead atoms. The molecule has 1 aromatic heterocycles. The lowest BCUT2D eigenvalue weighted by Crippen LogP contribution is -2.24. The third-order valence-electron chi connectivity index (χ3n) is 5.68. The normalized spacial score (nSPS) is 19.2. The molecule has 2 heterocycles. The molecule has 1 saturated carbocycles. The number of benzene rings is 1. The number of carbonyl (C=O) groups excluding carboxylic acids is 1. The predicted octanol–water partition coefficient (Wildman–Crippen LogP) is 4.86. The average molecular weight is 397 g/mol. The van der Waals surface area contributed by atoms with Crippen LogP contribution in [-0.4, -0.2) is 28.2 Å². The van der Waals surface area contributed by atoms with Crippen molar-refractivity contribution in [3.8, 4) is 0 Å². The Morgan fingerprint density at radius 3 is 2.71 bits per heavy atom. The fraction of sp³-hybridized carbons (Fsp3) is 0.500. The summed E-state index contributed by atoms with van der Waals surface area (Å²) in [7, 11) is 0. The van der Waals surface area contributed by atoms with Crippen LogP contribution < -0.4 is 10.6 Å². The van der Waals surface area contributed by atoms with Gasteiger partial charge in [-0.15, -0.1) is 11.8 Å². The molecule has 2 aliphatic rings. The predicted molar refractivity (Wildman–Crippen MR) is 115 cm³/mol. The minimum atomic E-state index is 0.179. The number of amides is 1. The first-order valence-electron chi connectivity index (χ1n) is 10.3. The highest BCUT2D eigenvalue weighted by molar-refractivity contribution is 7.99. The molecule has 5 nitrogen and oxygen atoms in total. The molecular formula is C22H28N4OS. The molecule has 1 amide bonds. The van der Waals surface area contributed by atoms with Crippen molar-refractivity contribution in [1.82, 2.24) is 9.97 Å². The Bertz CT molecular complexity index is 818. The molecule has 2 aromatic rings. The lowest BCUT2D eigenvalue weighted by molar-refractivity contribution is -0.120. The van der Waals surface area contributed by atoms with Gasteiger partial charge in [-0.25, -0.2) is 9.97 Å². The van der Waals surface area contributed by atoms with Crippen molar-refractivity contribution in [2.45, 2.75) is 56.3 Å². The molecule has 1 aliphatic heterocycles. The number of thioether (sulfide) groups is 1. The zero-order valence-electron chi connectivity index (χ0n) is 16.4. The van der Waals surface area contributed by atoms with Gasteiger partial charge in [0.25, 0.3) is 0 Å². The van der Waals surface area contributed by atoms with Gasteiger partial charge in [0.1, 0.15) is 12.1 Å². The lowest BCUT2D eigenvalue weighted by Gasteiger charge is -2.20. The zero-order valence-corrected chi connectivity index (χ0v) is 17.2. The van der Waals surface area contributed by atoms with E-state index in [1.165, 1.54) is 35.4 Å². The molecule has 4 rings (SSSR count). The summed E-state index contributed by atoms with van der Waals surface area (Å²) in [6.07, 6.45) is 8.25. The van der Waals surface area contributed by atoms with E-state index >= 15 is 0 Å². The largest absolute Gasteiger partial charge is 0.369 e. The fourth-order valence-electron chi connectivity index (χ4n) is 3.98. The Labute approximate surface area is 171 Å². The smallest absolute Gasteiger partial charge is 0.227 e. The summed E-state index contributed by atoms with van der Waals surface area (Å²) in [4.78, 5) is 22.4. The molecule has 28 heavy (non-hydrogen) atoms. The van der Waals surface area contributed by atoms with Crippen LogP contribution in [0.25, 0.3) is 0 Å². The maximum Gasteiger partial charge on any atom is 0.227 e. The standard InChI is InChI=1S/C22H28N4OS/c1-15-13-28-20-19(15)24-14-25-21(20)23-12-11-16-7-9-18(10-8-16)26-22(27)17-5-3-2-4-6-17/h7-10,14-15,17H,2-6,11-13H2,1H3,(H,26,27)(H,23,24,25). The van der Waals surface area contributed by atoms with Crippen LogP contribution >= 0.6 is 11.8 Å². The molecule has 6 heteroatoms. The van der Waals surface area contributed by atoms with Gasteiger partial charge in [0.05, 0.1) is 10.6 Å². The van der Waals surface area contributed by atoms with Gasteiger partial charge in [-0.05, 0) is 37.0 Å². The van der Waals surface area contributed by atoms with Gasteiger partial charge in [-0.1, -0.05) is 38.3 Å². The van der Waals surface area contributed by atoms with E-state index in [1.54, 1.807) is 6.33 Å². The molecule has 1 aliphatic carbocycles. The summed E-state index contributed by atoms with van der Waals surface area (Å²) >= 11 is 1.84. The van der Waals surface area contributed by atoms with Crippen LogP contribution in [0.5, 0.6) is 0 Å². The number of nitrogens with zero attached hydrogens (tertiary/aromatic N) is 2. The maximum atomic E-state index is 12.4. The molecule has 1 aromatic carbocycles. The summed E-state index contributed by atoms with van der Waals surface area (Å²) in [6.45, 7) is 3.04. The van der Waals surface area contributed by atoms with Gasteiger partial charge >= 0.3 is 0 Å². The number of aromatic nitrogens is 2.